The van der Waals surface area contributed by atoms with Crippen LogP contribution in [0.1, 0.15) is 50.0 Å². The number of ether oxygens (including phenoxy) is 1. The largest absolute Gasteiger partial charge is 0.372 e. The van der Waals surface area contributed by atoms with Crippen LogP contribution in [0.15, 0.2) is 17.1 Å². The highest BCUT2D eigenvalue weighted by Crippen LogP contribution is 2.27. The Kier molecular flexibility index (Phi) is 2.70. The molecule has 2 aromatic heterocycles. The summed E-state index contributed by atoms with van der Waals surface area (Å²) in [6, 6.07) is 1.57. The van der Waals surface area contributed by atoms with E-state index in [1.807, 2.05) is 6.20 Å². The first-order valence-electron chi connectivity index (χ1n) is 6.39. The van der Waals surface area contributed by atoms with Gasteiger partial charge in [-0.05, 0) is 18.8 Å². The van der Waals surface area contributed by atoms with Crippen LogP contribution < -0.4 is 5.56 Å². The van der Waals surface area contributed by atoms with Gasteiger partial charge < -0.3 is 4.74 Å². The molecule has 1 unspecified atom stereocenters. The number of nitrogens with one attached hydrogen (secondary N) is 1. The molecule has 0 bridgehead atoms. The fourth-order valence-electron chi connectivity index (χ4n) is 2.42. The average molecular weight is 247 g/mol. The van der Waals surface area contributed by atoms with Gasteiger partial charge in [0.05, 0.1) is 11.8 Å². The SMILES string of the molecule is CC(C)c1c[nH]n2c(=O)cc(C3CCCO3)nc12. The highest BCUT2D eigenvalue weighted by molar-refractivity contribution is 5.48. The average Bonchev–Trinajstić information content (AvgIpc) is 2.97. The van der Waals surface area contributed by atoms with Gasteiger partial charge in [0.2, 0.25) is 0 Å². The van der Waals surface area contributed by atoms with Crippen molar-refractivity contribution in [3.8, 4) is 0 Å². The second-order valence-corrected chi connectivity index (χ2v) is 5.06. The van der Waals surface area contributed by atoms with E-state index >= 15 is 0 Å². The van der Waals surface area contributed by atoms with Crippen molar-refractivity contribution in [1.29, 1.82) is 0 Å². The predicted molar refractivity (Wildman–Crippen MR) is 67.8 cm³/mol. The lowest BCUT2D eigenvalue weighted by atomic mass is 10.1. The molecule has 0 aromatic carbocycles. The van der Waals surface area contributed by atoms with Crippen LogP contribution in [0.5, 0.6) is 0 Å². The first-order chi connectivity index (χ1) is 8.66. The minimum Gasteiger partial charge on any atom is -0.372 e. The molecule has 5 heteroatoms. The van der Waals surface area contributed by atoms with Gasteiger partial charge in [-0.15, -0.1) is 0 Å². The maximum atomic E-state index is 12.0. The number of hydrogen-bond acceptors (Lipinski definition) is 3. The lowest BCUT2D eigenvalue weighted by Crippen LogP contribution is -2.17. The molecule has 2 aromatic rings. The second kappa shape index (κ2) is 4.24. The Labute approximate surface area is 105 Å². The first-order valence-corrected chi connectivity index (χ1v) is 6.39. The molecule has 1 atom stereocenters. The first kappa shape index (κ1) is 11.5. The summed E-state index contributed by atoms with van der Waals surface area (Å²) < 4.78 is 7.09. The van der Waals surface area contributed by atoms with Gasteiger partial charge in [0, 0.05) is 24.4 Å². The van der Waals surface area contributed by atoms with E-state index in [-0.39, 0.29) is 11.7 Å². The maximum Gasteiger partial charge on any atom is 0.272 e. The maximum absolute atomic E-state index is 12.0. The molecule has 1 N–H and O–H groups in total. The van der Waals surface area contributed by atoms with E-state index in [9.17, 15) is 4.79 Å². The molecule has 0 radical (unpaired) electrons. The Morgan fingerprint density at radius 2 is 2.39 bits per heavy atom. The van der Waals surface area contributed by atoms with E-state index in [0.29, 0.717) is 5.92 Å². The summed E-state index contributed by atoms with van der Waals surface area (Å²) in [5.41, 5.74) is 2.48. The monoisotopic (exact) mass is 247 g/mol. The molecule has 5 nitrogen and oxygen atoms in total. The third-order valence-electron chi connectivity index (χ3n) is 3.43. The number of nitrogens with zero attached hydrogens (tertiary/aromatic N) is 2. The fraction of sp³-hybridized carbons (Fsp3) is 0.538. The fourth-order valence-corrected chi connectivity index (χ4v) is 2.42. The Hall–Kier alpha value is -1.62. The van der Waals surface area contributed by atoms with E-state index in [1.54, 1.807) is 6.07 Å². The molecule has 18 heavy (non-hydrogen) atoms. The van der Waals surface area contributed by atoms with E-state index in [2.05, 4.69) is 23.9 Å². The van der Waals surface area contributed by atoms with Gasteiger partial charge in [0.25, 0.3) is 5.56 Å². The van der Waals surface area contributed by atoms with Crippen LogP contribution >= 0.6 is 0 Å². The van der Waals surface area contributed by atoms with Crippen molar-refractivity contribution in [2.24, 2.45) is 0 Å². The van der Waals surface area contributed by atoms with E-state index in [0.717, 1.165) is 36.4 Å². The lowest BCUT2D eigenvalue weighted by Gasteiger charge is -2.09. The quantitative estimate of drug-likeness (QED) is 0.883. The Bertz CT molecular complexity index is 621. The molecule has 1 aliphatic heterocycles. The van der Waals surface area contributed by atoms with Crippen molar-refractivity contribution in [2.45, 2.75) is 38.7 Å². The smallest absolute Gasteiger partial charge is 0.272 e. The summed E-state index contributed by atoms with van der Waals surface area (Å²) in [4.78, 5) is 16.6. The summed E-state index contributed by atoms with van der Waals surface area (Å²) in [6.45, 7) is 4.94. The van der Waals surface area contributed by atoms with Gasteiger partial charge in [0.1, 0.15) is 0 Å². The lowest BCUT2D eigenvalue weighted by molar-refractivity contribution is 0.108. The van der Waals surface area contributed by atoms with Crippen LogP contribution in [0, 0.1) is 0 Å². The van der Waals surface area contributed by atoms with Crippen molar-refractivity contribution < 1.29 is 4.74 Å². The number of aromatic amines is 1. The van der Waals surface area contributed by atoms with Crippen LogP contribution in [0.25, 0.3) is 5.65 Å². The summed E-state index contributed by atoms with van der Waals surface area (Å²) >= 11 is 0. The van der Waals surface area contributed by atoms with Crippen molar-refractivity contribution in [1.82, 2.24) is 14.6 Å². The minimum absolute atomic E-state index is 0.0161. The van der Waals surface area contributed by atoms with Gasteiger partial charge >= 0.3 is 0 Å². The predicted octanol–water partition coefficient (Wildman–Crippen LogP) is 2.00. The standard InChI is InChI=1S/C13H17N3O2/c1-8(2)9-7-14-16-12(17)6-10(15-13(9)16)11-4-3-5-18-11/h6-8,11,14H,3-5H2,1-2H3. The van der Waals surface area contributed by atoms with E-state index in [4.69, 9.17) is 4.74 Å². The zero-order chi connectivity index (χ0) is 12.7. The topological polar surface area (TPSA) is 59.4 Å². The van der Waals surface area contributed by atoms with E-state index < -0.39 is 0 Å². The second-order valence-electron chi connectivity index (χ2n) is 5.06. The Balaban J connectivity index is 2.17. The molecule has 3 rings (SSSR count). The summed E-state index contributed by atoms with van der Waals surface area (Å²) in [7, 11) is 0. The highest BCUT2D eigenvalue weighted by Gasteiger charge is 2.21. The van der Waals surface area contributed by atoms with Crippen LogP contribution in [0.4, 0.5) is 0 Å². The van der Waals surface area contributed by atoms with Gasteiger partial charge in [0.15, 0.2) is 5.65 Å². The molecule has 1 fully saturated rings. The van der Waals surface area contributed by atoms with Crippen LogP contribution in [-0.4, -0.2) is 21.2 Å². The van der Waals surface area contributed by atoms with Crippen LogP contribution in [0.3, 0.4) is 0 Å². The molecule has 0 aliphatic carbocycles. The highest BCUT2D eigenvalue weighted by atomic mass is 16.5. The molecule has 3 heterocycles. The van der Waals surface area contributed by atoms with Crippen LogP contribution in [-0.2, 0) is 4.74 Å². The van der Waals surface area contributed by atoms with Gasteiger partial charge in [-0.2, -0.15) is 0 Å². The summed E-state index contributed by atoms with van der Waals surface area (Å²) in [5, 5.41) is 2.96. The van der Waals surface area contributed by atoms with Crippen molar-refractivity contribution in [3.63, 3.8) is 0 Å². The molecular formula is C13H17N3O2. The minimum atomic E-state index is -0.0719. The molecule has 0 amide bonds. The number of H-pyrrole nitrogens is 1. The molecule has 0 spiro atoms. The summed E-state index contributed by atoms with van der Waals surface area (Å²) in [5.74, 6) is 0.331. The Morgan fingerprint density at radius 3 is 3.06 bits per heavy atom. The number of rotatable bonds is 2. The number of fused-ring (bicyclic) bond motifs is 1. The number of aromatic nitrogens is 3. The third kappa shape index (κ3) is 1.75. The number of hydrogen-bond donors (Lipinski definition) is 1. The van der Waals surface area contributed by atoms with Gasteiger partial charge in [-0.25, -0.2) is 9.50 Å². The van der Waals surface area contributed by atoms with E-state index in [1.165, 1.54) is 4.52 Å². The molecule has 96 valence electrons. The van der Waals surface area contributed by atoms with Crippen LogP contribution in [0.2, 0.25) is 0 Å². The molecule has 1 aliphatic rings. The van der Waals surface area contributed by atoms with Crippen molar-refractivity contribution in [2.75, 3.05) is 6.61 Å². The molecule has 0 saturated carbocycles. The van der Waals surface area contributed by atoms with Gasteiger partial charge in [-0.3, -0.25) is 9.89 Å². The molecule has 1 saturated heterocycles. The normalized spacial score (nSPS) is 20.1. The zero-order valence-electron chi connectivity index (χ0n) is 10.6. The zero-order valence-corrected chi connectivity index (χ0v) is 10.6. The third-order valence-corrected chi connectivity index (χ3v) is 3.43. The summed E-state index contributed by atoms with van der Waals surface area (Å²) in [6.07, 6.45) is 3.82. The van der Waals surface area contributed by atoms with Crippen molar-refractivity contribution in [3.05, 3.63) is 33.9 Å². The molecular weight excluding hydrogens is 230 g/mol. The van der Waals surface area contributed by atoms with Crippen molar-refractivity contribution >= 4 is 5.65 Å². The Morgan fingerprint density at radius 1 is 1.56 bits per heavy atom. The van der Waals surface area contributed by atoms with Gasteiger partial charge in [-0.1, -0.05) is 13.8 Å².